The van der Waals surface area contributed by atoms with Crippen molar-refractivity contribution in [2.75, 3.05) is 5.32 Å². The summed E-state index contributed by atoms with van der Waals surface area (Å²) in [5.41, 5.74) is 1.08. The highest BCUT2D eigenvalue weighted by Gasteiger charge is 2.23. The van der Waals surface area contributed by atoms with Gasteiger partial charge in [0.15, 0.2) is 0 Å². The van der Waals surface area contributed by atoms with Crippen LogP contribution < -0.4 is 10.6 Å². The maximum atomic E-state index is 12.5. The molecule has 2 aliphatic carbocycles. The summed E-state index contributed by atoms with van der Waals surface area (Å²) >= 11 is 6.20. The third kappa shape index (κ3) is 4.29. The zero-order valence-corrected chi connectivity index (χ0v) is 14.7. The van der Waals surface area contributed by atoms with Gasteiger partial charge in [-0.05, 0) is 43.9 Å². The second-order valence-corrected chi connectivity index (χ2v) is 7.38. The van der Waals surface area contributed by atoms with Gasteiger partial charge in [-0.1, -0.05) is 43.7 Å². The number of nitrogens with one attached hydrogen (secondary N) is 2. The smallest absolute Gasteiger partial charge is 0.251 e. The first-order valence-electron chi connectivity index (χ1n) is 9.05. The highest BCUT2D eigenvalue weighted by Crippen LogP contribution is 2.29. The summed E-state index contributed by atoms with van der Waals surface area (Å²) < 4.78 is 0. The SMILES string of the molecule is O=C(NC1CCCCC1)c1ccc(Cl)c(NC(=O)C2CCCC2)c1. The highest BCUT2D eigenvalue weighted by molar-refractivity contribution is 6.33. The van der Waals surface area contributed by atoms with E-state index in [1.807, 2.05) is 0 Å². The quantitative estimate of drug-likeness (QED) is 0.839. The third-order valence-corrected chi connectivity index (χ3v) is 5.48. The average Bonchev–Trinajstić information content (AvgIpc) is 3.12. The van der Waals surface area contributed by atoms with Gasteiger partial charge in [0.25, 0.3) is 5.91 Å². The van der Waals surface area contributed by atoms with E-state index in [2.05, 4.69) is 10.6 Å². The Bertz CT molecular complexity index is 605. The van der Waals surface area contributed by atoms with Crippen molar-refractivity contribution in [3.05, 3.63) is 28.8 Å². The maximum Gasteiger partial charge on any atom is 0.251 e. The van der Waals surface area contributed by atoms with Gasteiger partial charge in [-0.2, -0.15) is 0 Å². The van der Waals surface area contributed by atoms with E-state index >= 15 is 0 Å². The minimum absolute atomic E-state index is 0.0132. The van der Waals surface area contributed by atoms with Gasteiger partial charge in [0, 0.05) is 17.5 Å². The molecule has 0 heterocycles. The number of amides is 2. The minimum atomic E-state index is -0.0880. The summed E-state index contributed by atoms with van der Waals surface area (Å²) in [6.45, 7) is 0. The van der Waals surface area contributed by atoms with E-state index < -0.39 is 0 Å². The molecule has 1 aromatic carbocycles. The summed E-state index contributed by atoms with van der Waals surface area (Å²) in [6, 6.07) is 5.35. The van der Waals surface area contributed by atoms with Gasteiger partial charge in [0.1, 0.15) is 0 Å². The molecule has 5 heteroatoms. The van der Waals surface area contributed by atoms with E-state index in [1.165, 1.54) is 19.3 Å². The predicted octanol–water partition coefficient (Wildman–Crippen LogP) is 4.53. The Morgan fingerprint density at radius 3 is 2.33 bits per heavy atom. The lowest BCUT2D eigenvalue weighted by Crippen LogP contribution is -2.36. The minimum Gasteiger partial charge on any atom is -0.349 e. The molecule has 0 bridgehead atoms. The molecule has 24 heavy (non-hydrogen) atoms. The van der Waals surface area contributed by atoms with Crippen molar-refractivity contribution in [3.63, 3.8) is 0 Å². The number of rotatable bonds is 4. The summed E-state index contributed by atoms with van der Waals surface area (Å²) in [5, 5.41) is 6.46. The van der Waals surface area contributed by atoms with E-state index in [9.17, 15) is 9.59 Å². The Morgan fingerprint density at radius 1 is 0.958 bits per heavy atom. The van der Waals surface area contributed by atoms with Gasteiger partial charge in [0.2, 0.25) is 5.91 Å². The van der Waals surface area contributed by atoms with E-state index in [1.54, 1.807) is 18.2 Å². The van der Waals surface area contributed by atoms with Gasteiger partial charge in [-0.25, -0.2) is 0 Å². The van der Waals surface area contributed by atoms with E-state index in [0.29, 0.717) is 16.3 Å². The Morgan fingerprint density at radius 2 is 1.62 bits per heavy atom. The fourth-order valence-corrected chi connectivity index (χ4v) is 3.87. The van der Waals surface area contributed by atoms with Crippen molar-refractivity contribution >= 4 is 29.1 Å². The first-order valence-corrected chi connectivity index (χ1v) is 9.42. The van der Waals surface area contributed by atoms with E-state index in [4.69, 9.17) is 11.6 Å². The Balaban J connectivity index is 1.66. The van der Waals surface area contributed by atoms with Crippen LogP contribution in [0.2, 0.25) is 5.02 Å². The lowest BCUT2D eigenvalue weighted by molar-refractivity contribution is -0.119. The molecule has 0 saturated heterocycles. The standard InChI is InChI=1S/C19H25ClN2O2/c20-16-11-10-14(19(24)21-15-8-2-1-3-9-15)12-17(16)22-18(23)13-6-4-5-7-13/h10-13,15H,1-9H2,(H,21,24)(H,22,23). The summed E-state index contributed by atoms with van der Waals surface area (Å²) in [7, 11) is 0. The molecule has 2 aliphatic rings. The van der Waals surface area contributed by atoms with Crippen LogP contribution in [0.25, 0.3) is 0 Å². The van der Waals surface area contributed by atoms with Crippen LogP contribution in [-0.2, 0) is 4.79 Å². The normalized spacial score (nSPS) is 19.2. The number of carbonyl (C=O) groups is 2. The molecule has 2 saturated carbocycles. The fraction of sp³-hybridized carbons (Fsp3) is 0.579. The van der Waals surface area contributed by atoms with Crippen molar-refractivity contribution in [2.45, 2.75) is 63.8 Å². The number of halogens is 1. The van der Waals surface area contributed by atoms with Gasteiger partial charge in [0.05, 0.1) is 10.7 Å². The molecular formula is C19H25ClN2O2. The maximum absolute atomic E-state index is 12.5. The molecule has 0 atom stereocenters. The van der Waals surface area contributed by atoms with Crippen LogP contribution in [0.5, 0.6) is 0 Å². The lowest BCUT2D eigenvalue weighted by Gasteiger charge is -2.23. The zero-order valence-electron chi connectivity index (χ0n) is 13.9. The second kappa shape index (κ2) is 8.02. The number of benzene rings is 1. The molecule has 2 N–H and O–H groups in total. The lowest BCUT2D eigenvalue weighted by atomic mass is 9.95. The molecule has 4 nitrogen and oxygen atoms in total. The Kier molecular flexibility index (Phi) is 5.77. The van der Waals surface area contributed by atoms with Gasteiger partial charge < -0.3 is 10.6 Å². The van der Waals surface area contributed by atoms with Crippen LogP contribution in [-0.4, -0.2) is 17.9 Å². The Hall–Kier alpha value is -1.55. The van der Waals surface area contributed by atoms with Gasteiger partial charge >= 0.3 is 0 Å². The number of hydrogen-bond donors (Lipinski definition) is 2. The monoisotopic (exact) mass is 348 g/mol. The van der Waals surface area contributed by atoms with Crippen molar-refractivity contribution in [2.24, 2.45) is 5.92 Å². The molecule has 0 unspecified atom stereocenters. The molecule has 2 amide bonds. The van der Waals surface area contributed by atoms with Crippen molar-refractivity contribution in [3.8, 4) is 0 Å². The summed E-state index contributed by atoms with van der Waals surface area (Å²) in [6.07, 6.45) is 9.78. The fourth-order valence-electron chi connectivity index (χ4n) is 3.70. The second-order valence-electron chi connectivity index (χ2n) is 6.97. The largest absolute Gasteiger partial charge is 0.349 e. The van der Waals surface area contributed by atoms with Crippen LogP contribution in [0.3, 0.4) is 0 Å². The first kappa shape index (κ1) is 17.3. The third-order valence-electron chi connectivity index (χ3n) is 5.15. The summed E-state index contributed by atoms with van der Waals surface area (Å²) in [4.78, 5) is 24.7. The van der Waals surface area contributed by atoms with Crippen molar-refractivity contribution in [1.29, 1.82) is 0 Å². The molecule has 3 rings (SSSR count). The van der Waals surface area contributed by atoms with Crippen LogP contribution in [0.4, 0.5) is 5.69 Å². The van der Waals surface area contributed by atoms with Crippen LogP contribution in [0.1, 0.15) is 68.1 Å². The molecule has 1 aromatic rings. The molecule has 0 spiro atoms. The van der Waals surface area contributed by atoms with Crippen LogP contribution >= 0.6 is 11.6 Å². The number of hydrogen-bond acceptors (Lipinski definition) is 2. The number of anilines is 1. The van der Waals surface area contributed by atoms with Gasteiger partial charge in [-0.15, -0.1) is 0 Å². The molecule has 0 aliphatic heterocycles. The van der Waals surface area contributed by atoms with Crippen molar-refractivity contribution in [1.82, 2.24) is 5.32 Å². The topological polar surface area (TPSA) is 58.2 Å². The van der Waals surface area contributed by atoms with E-state index in [-0.39, 0.29) is 23.8 Å². The Labute approximate surface area is 148 Å². The van der Waals surface area contributed by atoms with E-state index in [0.717, 1.165) is 38.5 Å². The molecule has 2 fully saturated rings. The number of carbonyl (C=O) groups excluding carboxylic acids is 2. The average molecular weight is 349 g/mol. The van der Waals surface area contributed by atoms with Crippen LogP contribution in [0, 0.1) is 5.92 Å². The molecular weight excluding hydrogens is 324 g/mol. The molecule has 130 valence electrons. The van der Waals surface area contributed by atoms with Crippen molar-refractivity contribution < 1.29 is 9.59 Å². The van der Waals surface area contributed by atoms with Crippen LogP contribution in [0.15, 0.2) is 18.2 Å². The highest BCUT2D eigenvalue weighted by atomic mass is 35.5. The summed E-state index contributed by atoms with van der Waals surface area (Å²) in [5.74, 6) is -0.00467. The zero-order chi connectivity index (χ0) is 16.9. The molecule has 0 radical (unpaired) electrons. The first-order chi connectivity index (χ1) is 11.6. The molecule has 0 aromatic heterocycles. The predicted molar refractivity (Wildman–Crippen MR) is 96.4 cm³/mol. The van der Waals surface area contributed by atoms with Gasteiger partial charge in [-0.3, -0.25) is 9.59 Å².